The van der Waals surface area contributed by atoms with Gasteiger partial charge in [-0.25, -0.2) is 0 Å². The average Bonchev–Trinajstić information content (AvgIpc) is 2.48. The molecule has 0 radical (unpaired) electrons. The Kier molecular flexibility index (Phi) is 5.13. The summed E-state index contributed by atoms with van der Waals surface area (Å²) in [4.78, 5) is 12.0. The Hall–Kier alpha value is -2.12. The predicted molar refractivity (Wildman–Crippen MR) is 85.6 cm³/mol. The lowest BCUT2D eigenvalue weighted by atomic mass is 10.1. The Morgan fingerprint density at radius 1 is 1.19 bits per heavy atom. The first-order valence-corrected chi connectivity index (χ1v) is 7.41. The van der Waals surface area contributed by atoms with Crippen LogP contribution in [0, 0.1) is 11.3 Å². The zero-order chi connectivity index (χ0) is 15.2. The van der Waals surface area contributed by atoms with Crippen LogP contribution in [0.4, 0.5) is 0 Å². The predicted octanol–water partition coefficient (Wildman–Crippen LogP) is 3.74. The van der Waals surface area contributed by atoms with Crippen molar-refractivity contribution in [2.45, 2.75) is 19.4 Å². The van der Waals surface area contributed by atoms with Gasteiger partial charge in [-0.2, -0.15) is 5.26 Å². The van der Waals surface area contributed by atoms with Crippen molar-refractivity contribution in [2.24, 2.45) is 0 Å². The van der Waals surface area contributed by atoms with Gasteiger partial charge in [0, 0.05) is 4.47 Å². The summed E-state index contributed by atoms with van der Waals surface area (Å²) in [5, 5.41) is 11.7. The van der Waals surface area contributed by atoms with Crippen LogP contribution in [0.2, 0.25) is 0 Å². The zero-order valence-electron chi connectivity index (χ0n) is 11.6. The molecule has 1 N–H and O–H groups in total. The molecule has 0 heterocycles. The summed E-state index contributed by atoms with van der Waals surface area (Å²) in [6.45, 7) is 1.96. The standard InChI is InChI=1S/C17H15BrN2O/c1-12(15-6-8-16(18)9-7-15)20-17(21)10-13-2-4-14(11-19)5-3-13/h2-9,12H,10H2,1H3,(H,20,21). The van der Waals surface area contributed by atoms with Gasteiger partial charge in [0.05, 0.1) is 24.1 Å². The van der Waals surface area contributed by atoms with Crippen molar-refractivity contribution < 1.29 is 4.79 Å². The maximum Gasteiger partial charge on any atom is 0.224 e. The maximum absolute atomic E-state index is 12.0. The largest absolute Gasteiger partial charge is 0.349 e. The van der Waals surface area contributed by atoms with Crippen LogP contribution < -0.4 is 5.32 Å². The summed E-state index contributed by atoms with van der Waals surface area (Å²) >= 11 is 3.39. The second kappa shape index (κ2) is 7.05. The first-order valence-electron chi connectivity index (χ1n) is 6.62. The van der Waals surface area contributed by atoms with E-state index in [9.17, 15) is 4.79 Å². The summed E-state index contributed by atoms with van der Waals surface area (Å²) in [6.07, 6.45) is 0.312. The lowest BCUT2D eigenvalue weighted by Gasteiger charge is -2.14. The van der Waals surface area contributed by atoms with Gasteiger partial charge < -0.3 is 5.32 Å². The molecule has 1 atom stereocenters. The Balaban J connectivity index is 1.94. The van der Waals surface area contributed by atoms with E-state index in [-0.39, 0.29) is 11.9 Å². The third-order valence-corrected chi connectivity index (χ3v) is 3.72. The minimum Gasteiger partial charge on any atom is -0.349 e. The number of hydrogen-bond acceptors (Lipinski definition) is 2. The smallest absolute Gasteiger partial charge is 0.224 e. The number of nitriles is 1. The van der Waals surface area contributed by atoms with Crippen LogP contribution in [0.3, 0.4) is 0 Å². The van der Waals surface area contributed by atoms with E-state index in [2.05, 4.69) is 27.3 Å². The van der Waals surface area contributed by atoms with Gasteiger partial charge in [0.25, 0.3) is 0 Å². The van der Waals surface area contributed by atoms with Crippen LogP contribution in [0.1, 0.15) is 29.7 Å². The molecule has 0 spiro atoms. The Morgan fingerprint density at radius 2 is 1.81 bits per heavy atom. The molecule has 0 saturated heterocycles. The number of halogens is 1. The first-order chi connectivity index (χ1) is 10.1. The number of carbonyl (C=O) groups excluding carboxylic acids is 1. The number of amides is 1. The highest BCUT2D eigenvalue weighted by Crippen LogP contribution is 2.16. The molecule has 106 valence electrons. The summed E-state index contributed by atoms with van der Waals surface area (Å²) in [5.41, 5.74) is 2.56. The number of benzene rings is 2. The van der Waals surface area contributed by atoms with E-state index < -0.39 is 0 Å². The topological polar surface area (TPSA) is 52.9 Å². The number of nitrogens with one attached hydrogen (secondary N) is 1. The van der Waals surface area contributed by atoms with Crippen LogP contribution in [-0.4, -0.2) is 5.91 Å². The van der Waals surface area contributed by atoms with Gasteiger partial charge in [0.1, 0.15) is 0 Å². The van der Waals surface area contributed by atoms with E-state index in [1.807, 2.05) is 43.3 Å². The first kappa shape index (κ1) is 15.3. The fraction of sp³-hybridized carbons (Fsp3) is 0.176. The highest BCUT2D eigenvalue weighted by molar-refractivity contribution is 9.10. The van der Waals surface area contributed by atoms with E-state index in [0.29, 0.717) is 12.0 Å². The quantitative estimate of drug-likeness (QED) is 0.919. The van der Waals surface area contributed by atoms with Crippen molar-refractivity contribution in [1.82, 2.24) is 5.32 Å². The fourth-order valence-electron chi connectivity index (χ4n) is 2.01. The van der Waals surface area contributed by atoms with E-state index in [4.69, 9.17) is 5.26 Å². The molecule has 21 heavy (non-hydrogen) atoms. The van der Waals surface area contributed by atoms with Gasteiger partial charge in [-0.1, -0.05) is 40.2 Å². The van der Waals surface area contributed by atoms with Crippen molar-refractivity contribution in [3.8, 4) is 6.07 Å². The molecular formula is C17H15BrN2O. The molecule has 4 heteroatoms. The van der Waals surface area contributed by atoms with Crippen LogP contribution in [0.25, 0.3) is 0 Å². The van der Waals surface area contributed by atoms with E-state index in [1.54, 1.807) is 12.1 Å². The molecule has 0 saturated carbocycles. The Morgan fingerprint density at radius 3 is 2.38 bits per heavy atom. The van der Waals surface area contributed by atoms with Crippen LogP contribution in [-0.2, 0) is 11.2 Å². The summed E-state index contributed by atoms with van der Waals surface area (Å²) < 4.78 is 1.02. The molecule has 3 nitrogen and oxygen atoms in total. The molecule has 1 amide bonds. The van der Waals surface area contributed by atoms with Gasteiger partial charge in [-0.05, 0) is 42.3 Å². The lowest BCUT2D eigenvalue weighted by Crippen LogP contribution is -2.28. The molecule has 0 aliphatic rings. The Bertz CT molecular complexity index is 657. The van der Waals surface area contributed by atoms with Gasteiger partial charge in [-0.15, -0.1) is 0 Å². The lowest BCUT2D eigenvalue weighted by molar-refractivity contribution is -0.121. The average molecular weight is 343 g/mol. The molecule has 0 aliphatic carbocycles. The summed E-state index contributed by atoms with van der Waals surface area (Å²) in [6, 6.07) is 17.0. The molecular weight excluding hydrogens is 328 g/mol. The van der Waals surface area contributed by atoms with E-state index in [0.717, 1.165) is 15.6 Å². The number of nitrogens with zero attached hydrogens (tertiary/aromatic N) is 1. The summed E-state index contributed by atoms with van der Waals surface area (Å²) in [7, 11) is 0. The van der Waals surface area contributed by atoms with Gasteiger partial charge in [0.2, 0.25) is 5.91 Å². The van der Waals surface area contributed by atoms with Crippen molar-refractivity contribution in [2.75, 3.05) is 0 Å². The van der Waals surface area contributed by atoms with E-state index >= 15 is 0 Å². The van der Waals surface area contributed by atoms with Crippen LogP contribution in [0.5, 0.6) is 0 Å². The summed E-state index contributed by atoms with van der Waals surface area (Å²) in [5.74, 6) is -0.0323. The van der Waals surface area contributed by atoms with Crippen molar-refractivity contribution in [3.63, 3.8) is 0 Å². The highest BCUT2D eigenvalue weighted by Gasteiger charge is 2.10. The van der Waals surface area contributed by atoms with Crippen molar-refractivity contribution in [3.05, 3.63) is 69.7 Å². The second-order valence-corrected chi connectivity index (χ2v) is 5.74. The maximum atomic E-state index is 12.0. The highest BCUT2D eigenvalue weighted by atomic mass is 79.9. The number of hydrogen-bond donors (Lipinski definition) is 1. The third-order valence-electron chi connectivity index (χ3n) is 3.20. The molecule has 0 aliphatic heterocycles. The van der Waals surface area contributed by atoms with Crippen LogP contribution in [0.15, 0.2) is 53.0 Å². The van der Waals surface area contributed by atoms with Crippen molar-refractivity contribution >= 4 is 21.8 Å². The molecule has 2 aromatic rings. The van der Waals surface area contributed by atoms with E-state index in [1.165, 1.54) is 0 Å². The molecule has 0 aromatic heterocycles. The molecule has 2 aromatic carbocycles. The SMILES string of the molecule is CC(NC(=O)Cc1ccc(C#N)cc1)c1ccc(Br)cc1. The number of rotatable bonds is 4. The normalized spacial score (nSPS) is 11.5. The van der Waals surface area contributed by atoms with Gasteiger partial charge in [-0.3, -0.25) is 4.79 Å². The monoisotopic (exact) mass is 342 g/mol. The van der Waals surface area contributed by atoms with Gasteiger partial charge >= 0.3 is 0 Å². The van der Waals surface area contributed by atoms with Gasteiger partial charge in [0.15, 0.2) is 0 Å². The zero-order valence-corrected chi connectivity index (χ0v) is 13.2. The Labute approximate surface area is 132 Å². The minimum absolute atomic E-state index is 0.0323. The molecule has 2 rings (SSSR count). The van der Waals surface area contributed by atoms with Crippen molar-refractivity contribution in [1.29, 1.82) is 5.26 Å². The third kappa shape index (κ3) is 4.44. The molecule has 1 unspecified atom stereocenters. The number of carbonyl (C=O) groups is 1. The second-order valence-electron chi connectivity index (χ2n) is 4.83. The molecule has 0 fully saturated rings. The minimum atomic E-state index is -0.0380. The fourth-order valence-corrected chi connectivity index (χ4v) is 2.27. The molecule has 0 bridgehead atoms. The van der Waals surface area contributed by atoms with Crippen LogP contribution >= 0.6 is 15.9 Å².